The molecule has 0 saturated carbocycles. The lowest BCUT2D eigenvalue weighted by Crippen LogP contribution is -2.28. The van der Waals surface area contributed by atoms with Crippen LogP contribution in [0.2, 0.25) is 10.0 Å². The smallest absolute Gasteiger partial charge is 0.238 e. The summed E-state index contributed by atoms with van der Waals surface area (Å²) >= 11 is 13.3. The second-order valence-corrected chi connectivity index (χ2v) is 8.69. The zero-order valence-corrected chi connectivity index (χ0v) is 16.3. The average Bonchev–Trinajstić information content (AvgIpc) is 2.55. The van der Waals surface area contributed by atoms with Gasteiger partial charge in [0.05, 0.1) is 21.7 Å². The van der Waals surface area contributed by atoms with Gasteiger partial charge in [0.1, 0.15) is 0 Å². The lowest BCUT2D eigenvalue weighted by atomic mass is 10.1. The van der Waals surface area contributed by atoms with Gasteiger partial charge in [-0.2, -0.15) is 0 Å². The summed E-state index contributed by atoms with van der Waals surface area (Å²) in [6.45, 7) is 1.81. The monoisotopic (exact) mass is 418 g/mol. The van der Waals surface area contributed by atoms with Gasteiger partial charge in [-0.3, -0.25) is 4.79 Å². The first kappa shape index (κ1) is 20.1. The highest BCUT2D eigenvalue weighted by atomic mass is 35.5. The van der Waals surface area contributed by atoms with E-state index in [4.69, 9.17) is 28.3 Å². The van der Waals surface area contributed by atoms with Crippen molar-refractivity contribution in [1.29, 1.82) is 0 Å². The number of primary sulfonamides is 1. The molecule has 25 heavy (non-hydrogen) atoms. The molecule has 0 heterocycles. The summed E-state index contributed by atoms with van der Waals surface area (Å²) < 4.78 is 22.5. The first-order chi connectivity index (χ1) is 11.7. The molecule has 0 spiro atoms. The van der Waals surface area contributed by atoms with E-state index in [-0.39, 0.29) is 22.6 Å². The molecule has 0 aliphatic heterocycles. The SMILES string of the molecule is C[C@@H](NC(=O)CSc1cc(Cl)ccc1Cl)c1ccc(S(N)(=O)=O)cc1. The Balaban J connectivity index is 1.94. The second kappa shape index (κ2) is 8.42. The first-order valence-electron chi connectivity index (χ1n) is 7.17. The maximum absolute atomic E-state index is 12.1. The van der Waals surface area contributed by atoms with Crippen LogP contribution in [0, 0.1) is 0 Å². The Labute approximate surface area is 160 Å². The second-order valence-electron chi connectivity index (χ2n) is 5.27. The van der Waals surface area contributed by atoms with Crippen molar-refractivity contribution in [2.45, 2.75) is 22.8 Å². The molecule has 3 N–H and O–H groups in total. The Hall–Kier alpha value is -1.25. The van der Waals surface area contributed by atoms with Crippen LogP contribution in [0.3, 0.4) is 0 Å². The van der Waals surface area contributed by atoms with Gasteiger partial charge in [0.15, 0.2) is 0 Å². The van der Waals surface area contributed by atoms with Crippen molar-refractivity contribution in [3.63, 3.8) is 0 Å². The number of rotatable bonds is 6. The fourth-order valence-corrected chi connectivity index (χ4v) is 3.86. The molecule has 0 unspecified atom stereocenters. The molecule has 1 amide bonds. The highest BCUT2D eigenvalue weighted by Gasteiger charge is 2.13. The maximum Gasteiger partial charge on any atom is 0.238 e. The van der Waals surface area contributed by atoms with Crippen molar-refractivity contribution < 1.29 is 13.2 Å². The summed E-state index contributed by atoms with van der Waals surface area (Å²) in [7, 11) is -3.73. The van der Waals surface area contributed by atoms with E-state index in [0.29, 0.717) is 10.0 Å². The number of nitrogens with one attached hydrogen (secondary N) is 1. The Bertz CT molecular complexity index is 871. The zero-order valence-electron chi connectivity index (χ0n) is 13.2. The van der Waals surface area contributed by atoms with Gasteiger partial charge < -0.3 is 5.32 Å². The molecule has 2 aromatic carbocycles. The number of thioether (sulfide) groups is 1. The summed E-state index contributed by atoms with van der Waals surface area (Å²) in [5.41, 5.74) is 0.770. The summed E-state index contributed by atoms with van der Waals surface area (Å²) in [5.74, 6) is 0.00343. The largest absolute Gasteiger partial charge is 0.349 e. The average molecular weight is 419 g/mol. The van der Waals surface area contributed by atoms with E-state index in [9.17, 15) is 13.2 Å². The molecule has 2 aromatic rings. The molecule has 0 bridgehead atoms. The van der Waals surface area contributed by atoms with Crippen LogP contribution in [0.1, 0.15) is 18.5 Å². The molecule has 0 fully saturated rings. The van der Waals surface area contributed by atoms with Crippen LogP contribution in [-0.2, 0) is 14.8 Å². The molecule has 0 radical (unpaired) electrons. The van der Waals surface area contributed by atoms with Gasteiger partial charge in [0, 0.05) is 9.92 Å². The summed E-state index contributed by atoms with van der Waals surface area (Å²) in [6, 6.07) is 10.8. The van der Waals surface area contributed by atoms with Gasteiger partial charge in [-0.05, 0) is 42.8 Å². The molecule has 2 rings (SSSR count). The number of carbonyl (C=O) groups excluding carboxylic acids is 1. The molecule has 9 heteroatoms. The number of halogens is 2. The Morgan fingerprint density at radius 3 is 2.44 bits per heavy atom. The molecular weight excluding hydrogens is 403 g/mol. The fourth-order valence-electron chi connectivity index (χ4n) is 2.04. The summed E-state index contributed by atoms with van der Waals surface area (Å²) in [4.78, 5) is 12.9. The predicted octanol–water partition coefficient (Wildman–Crippen LogP) is 3.61. The van der Waals surface area contributed by atoms with Crippen LogP contribution < -0.4 is 10.5 Å². The minimum atomic E-state index is -3.73. The lowest BCUT2D eigenvalue weighted by Gasteiger charge is -2.15. The van der Waals surface area contributed by atoms with Crippen molar-refractivity contribution in [1.82, 2.24) is 5.32 Å². The number of hydrogen-bond acceptors (Lipinski definition) is 4. The molecular formula is C16H16Cl2N2O3S2. The normalized spacial score (nSPS) is 12.6. The summed E-state index contributed by atoms with van der Waals surface area (Å²) in [6.07, 6.45) is 0. The highest BCUT2D eigenvalue weighted by molar-refractivity contribution is 8.00. The van der Waals surface area contributed by atoms with Gasteiger partial charge in [-0.25, -0.2) is 13.6 Å². The van der Waals surface area contributed by atoms with Gasteiger partial charge in [0.2, 0.25) is 15.9 Å². The quantitative estimate of drug-likeness (QED) is 0.700. The van der Waals surface area contributed by atoms with Gasteiger partial charge in [-0.1, -0.05) is 35.3 Å². The lowest BCUT2D eigenvalue weighted by molar-refractivity contribution is -0.119. The number of benzene rings is 2. The minimum Gasteiger partial charge on any atom is -0.349 e. The fraction of sp³-hybridized carbons (Fsp3) is 0.188. The molecule has 0 saturated heterocycles. The molecule has 1 atom stereocenters. The van der Waals surface area contributed by atoms with E-state index in [2.05, 4.69) is 5.32 Å². The van der Waals surface area contributed by atoms with E-state index in [1.807, 2.05) is 0 Å². The number of nitrogens with two attached hydrogens (primary N) is 1. The number of sulfonamides is 1. The van der Waals surface area contributed by atoms with Crippen molar-refractivity contribution >= 4 is 50.9 Å². The first-order valence-corrected chi connectivity index (χ1v) is 10.5. The standard InChI is InChI=1S/C16H16Cl2N2O3S2/c1-10(11-2-5-13(6-3-11)25(19,22)23)20-16(21)9-24-15-8-12(17)4-7-14(15)18/h2-8,10H,9H2,1H3,(H,20,21)(H2,19,22,23)/t10-/m1/s1. The third-order valence-corrected chi connectivity index (χ3v) is 6.00. The molecule has 0 aliphatic rings. The topological polar surface area (TPSA) is 89.3 Å². The molecule has 5 nitrogen and oxygen atoms in total. The van der Waals surface area contributed by atoms with Crippen LogP contribution in [0.25, 0.3) is 0 Å². The number of carbonyl (C=O) groups is 1. The number of hydrogen-bond donors (Lipinski definition) is 2. The predicted molar refractivity (Wildman–Crippen MR) is 102 cm³/mol. The van der Waals surface area contributed by atoms with Crippen LogP contribution in [0.4, 0.5) is 0 Å². The van der Waals surface area contributed by atoms with E-state index in [1.54, 1.807) is 37.3 Å². The van der Waals surface area contributed by atoms with Crippen molar-refractivity contribution in [3.8, 4) is 0 Å². The Kier molecular flexibility index (Phi) is 6.76. The van der Waals surface area contributed by atoms with Crippen LogP contribution >= 0.6 is 35.0 Å². The third kappa shape index (κ3) is 5.90. The van der Waals surface area contributed by atoms with Crippen molar-refractivity contribution in [3.05, 3.63) is 58.1 Å². The maximum atomic E-state index is 12.1. The van der Waals surface area contributed by atoms with Crippen LogP contribution in [0.15, 0.2) is 52.3 Å². The van der Waals surface area contributed by atoms with E-state index in [0.717, 1.165) is 10.5 Å². The van der Waals surface area contributed by atoms with Gasteiger partial charge in [-0.15, -0.1) is 11.8 Å². The van der Waals surface area contributed by atoms with Crippen molar-refractivity contribution in [2.75, 3.05) is 5.75 Å². The van der Waals surface area contributed by atoms with Crippen molar-refractivity contribution in [2.24, 2.45) is 5.14 Å². The summed E-state index contributed by atoms with van der Waals surface area (Å²) in [5, 5.41) is 8.99. The Morgan fingerprint density at radius 1 is 1.20 bits per heavy atom. The minimum absolute atomic E-state index is 0.0286. The van der Waals surface area contributed by atoms with E-state index >= 15 is 0 Å². The van der Waals surface area contributed by atoms with Crippen LogP contribution in [-0.4, -0.2) is 20.1 Å². The van der Waals surface area contributed by atoms with E-state index < -0.39 is 10.0 Å². The van der Waals surface area contributed by atoms with Gasteiger partial charge >= 0.3 is 0 Å². The number of amides is 1. The molecule has 0 aromatic heterocycles. The van der Waals surface area contributed by atoms with E-state index in [1.165, 1.54) is 23.9 Å². The third-order valence-electron chi connectivity index (χ3n) is 3.34. The van der Waals surface area contributed by atoms with Gasteiger partial charge in [0.25, 0.3) is 0 Å². The highest BCUT2D eigenvalue weighted by Crippen LogP contribution is 2.29. The zero-order chi connectivity index (χ0) is 18.6. The Morgan fingerprint density at radius 2 is 1.84 bits per heavy atom. The van der Waals surface area contributed by atoms with Crippen LogP contribution in [0.5, 0.6) is 0 Å². The molecule has 0 aliphatic carbocycles. The molecule has 134 valence electrons.